The van der Waals surface area contributed by atoms with E-state index in [1.807, 2.05) is 12.1 Å². The van der Waals surface area contributed by atoms with E-state index in [9.17, 15) is 4.79 Å². The molecule has 4 aliphatic rings. The second-order valence-electron chi connectivity index (χ2n) is 7.54. The maximum Gasteiger partial charge on any atom is 0.242 e. The van der Waals surface area contributed by atoms with Crippen molar-refractivity contribution in [1.82, 2.24) is 0 Å². The molecule has 1 aromatic carbocycles. The molecule has 0 atom stereocenters. The number of carbonyl (C=O) groups excluding carboxylic acids is 1. The highest BCUT2D eigenvalue weighted by atomic mass is 16.1. The van der Waals surface area contributed by atoms with Crippen LogP contribution < -0.4 is 15.5 Å². The Hall–Kier alpha value is -1.39. The van der Waals surface area contributed by atoms with E-state index in [0.29, 0.717) is 11.9 Å². The molecule has 4 heteroatoms. The minimum atomic E-state index is -0.129. The number of nitrogens with two attached hydrogens (primary N) is 1. The second-order valence-corrected chi connectivity index (χ2v) is 7.54. The van der Waals surface area contributed by atoms with Crippen molar-refractivity contribution in [3.05, 3.63) is 29.8 Å². The quantitative estimate of drug-likeness (QED) is 0.555. The van der Waals surface area contributed by atoms with Crippen LogP contribution in [0.25, 0.3) is 0 Å². The standard InChI is InChI=1S/C16H21N3O/c1-15-7-18-9-16(2,14(15)20)10-19(8-15)13(18)11-5-3-4-6-12(11)17/h3-6,13H,7-10,17H2,1-2H3/p+2. The number of Topliss-reactive ketones (excluding diaryl/α,β-unsaturated/α-hetero) is 1. The lowest BCUT2D eigenvalue weighted by molar-refractivity contribution is -1.18. The van der Waals surface area contributed by atoms with Crippen molar-refractivity contribution in [1.29, 1.82) is 0 Å². The molecule has 0 amide bonds. The van der Waals surface area contributed by atoms with Crippen LogP contribution in [-0.4, -0.2) is 32.0 Å². The fraction of sp³-hybridized carbons (Fsp3) is 0.562. The summed E-state index contributed by atoms with van der Waals surface area (Å²) in [7, 11) is 0. The van der Waals surface area contributed by atoms with Gasteiger partial charge in [-0.1, -0.05) is 12.1 Å². The van der Waals surface area contributed by atoms with Crippen molar-refractivity contribution >= 4 is 11.5 Å². The first kappa shape index (κ1) is 12.4. The third-order valence-corrected chi connectivity index (χ3v) is 5.69. The van der Waals surface area contributed by atoms with E-state index in [2.05, 4.69) is 26.0 Å². The van der Waals surface area contributed by atoms with Gasteiger partial charge in [0, 0.05) is 5.69 Å². The highest BCUT2D eigenvalue weighted by molar-refractivity contribution is 5.91. The van der Waals surface area contributed by atoms with Crippen molar-refractivity contribution < 1.29 is 14.6 Å². The Kier molecular flexibility index (Phi) is 2.24. The molecule has 5 rings (SSSR count). The van der Waals surface area contributed by atoms with Crippen LogP contribution in [-0.2, 0) is 4.79 Å². The highest BCUT2D eigenvalue weighted by Crippen LogP contribution is 2.36. The predicted octanol–water partition coefficient (Wildman–Crippen LogP) is -1.34. The molecule has 4 saturated heterocycles. The third kappa shape index (κ3) is 1.41. The van der Waals surface area contributed by atoms with Crippen LogP contribution in [0.5, 0.6) is 0 Å². The van der Waals surface area contributed by atoms with Crippen molar-refractivity contribution in [2.75, 3.05) is 31.9 Å². The molecule has 0 aliphatic carbocycles. The van der Waals surface area contributed by atoms with Crippen LogP contribution >= 0.6 is 0 Å². The van der Waals surface area contributed by atoms with Gasteiger partial charge >= 0.3 is 0 Å². The summed E-state index contributed by atoms with van der Waals surface area (Å²) in [5.41, 5.74) is 8.10. The molecule has 0 unspecified atom stereocenters. The van der Waals surface area contributed by atoms with Gasteiger partial charge in [0.15, 0.2) is 5.78 Å². The minimum absolute atomic E-state index is 0.129. The fourth-order valence-electron chi connectivity index (χ4n) is 5.21. The van der Waals surface area contributed by atoms with Gasteiger partial charge < -0.3 is 5.73 Å². The first-order valence-electron chi connectivity index (χ1n) is 7.51. The van der Waals surface area contributed by atoms with E-state index in [4.69, 9.17) is 5.73 Å². The lowest BCUT2D eigenvalue weighted by Gasteiger charge is -2.59. The highest BCUT2D eigenvalue weighted by Gasteiger charge is 2.68. The normalized spacial score (nSPS) is 45.9. The average molecular weight is 273 g/mol. The van der Waals surface area contributed by atoms with Crippen LogP contribution in [0.2, 0.25) is 0 Å². The molecule has 4 bridgehead atoms. The average Bonchev–Trinajstić information content (AvgIpc) is 2.36. The summed E-state index contributed by atoms with van der Waals surface area (Å²) < 4.78 is 0. The Labute approximate surface area is 119 Å². The third-order valence-electron chi connectivity index (χ3n) is 5.69. The van der Waals surface area contributed by atoms with Crippen LogP contribution in [0.1, 0.15) is 25.6 Å². The lowest BCUT2D eigenvalue weighted by Crippen LogP contribution is -3.41. The van der Waals surface area contributed by atoms with E-state index < -0.39 is 0 Å². The largest absolute Gasteiger partial charge is 0.398 e. The van der Waals surface area contributed by atoms with E-state index in [-0.39, 0.29) is 10.8 Å². The summed E-state index contributed by atoms with van der Waals surface area (Å²) in [6, 6.07) is 8.23. The van der Waals surface area contributed by atoms with Gasteiger partial charge in [0.2, 0.25) is 6.17 Å². The maximum absolute atomic E-state index is 12.7. The zero-order chi connectivity index (χ0) is 14.1. The van der Waals surface area contributed by atoms with Crippen molar-refractivity contribution in [3.8, 4) is 0 Å². The van der Waals surface area contributed by atoms with Crippen molar-refractivity contribution in [2.45, 2.75) is 20.0 Å². The number of carbonyl (C=O) groups is 1. The number of ketones is 1. The molecular weight excluding hydrogens is 250 g/mol. The van der Waals surface area contributed by atoms with Crippen LogP contribution in [0, 0.1) is 10.8 Å². The molecule has 4 aliphatic heterocycles. The van der Waals surface area contributed by atoms with Crippen LogP contribution in [0.3, 0.4) is 0 Å². The van der Waals surface area contributed by atoms with Crippen molar-refractivity contribution in [3.63, 3.8) is 0 Å². The molecular formula is C16H23N3O+2. The van der Waals surface area contributed by atoms with Gasteiger partial charge in [-0.15, -0.1) is 0 Å². The fourth-order valence-corrected chi connectivity index (χ4v) is 5.21. The Bertz CT molecular complexity index is 557. The number of para-hydroxylation sites is 1. The number of hydrogen-bond donors (Lipinski definition) is 3. The summed E-state index contributed by atoms with van der Waals surface area (Å²) in [5.74, 6) is 0.497. The number of quaternary nitrogens is 2. The van der Waals surface area contributed by atoms with E-state index in [0.717, 1.165) is 31.9 Å². The van der Waals surface area contributed by atoms with Crippen molar-refractivity contribution in [2.24, 2.45) is 10.8 Å². The van der Waals surface area contributed by atoms with E-state index in [1.54, 1.807) is 9.80 Å². The van der Waals surface area contributed by atoms with Crippen LogP contribution in [0.4, 0.5) is 5.69 Å². The molecule has 106 valence electrons. The minimum Gasteiger partial charge on any atom is -0.398 e. The Morgan fingerprint density at radius 1 is 1.05 bits per heavy atom. The first-order valence-corrected chi connectivity index (χ1v) is 7.51. The predicted molar refractivity (Wildman–Crippen MR) is 76.2 cm³/mol. The first-order chi connectivity index (χ1) is 9.43. The zero-order valence-electron chi connectivity index (χ0n) is 12.2. The molecule has 0 spiro atoms. The maximum atomic E-state index is 12.7. The van der Waals surface area contributed by atoms with Gasteiger partial charge in [-0.05, 0) is 26.0 Å². The summed E-state index contributed by atoms with van der Waals surface area (Å²) in [5, 5.41) is 0. The van der Waals surface area contributed by atoms with Gasteiger partial charge in [-0.3, -0.25) is 14.6 Å². The summed E-state index contributed by atoms with van der Waals surface area (Å²) in [6.07, 6.45) is 0.408. The molecule has 1 aromatic rings. The number of anilines is 1. The molecule has 4 fully saturated rings. The second kappa shape index (κ2) is 3.62. The molecule has 0 radical (unpaired) electrons. The Morgan fingerprint density at radius 2 is 1.55 bits per heavy atom. The zero-order valence-corrected chi connectivity index (χ0v) is 12.2. The Balaban J connectivity index is 1.78. The summed E-state index contributed by atoms with van der Waals surface area (Å²) in [4.78, 5) is 15.8. The lowest BCUT2D eigenvalue weighted by atomic mass is 9.62. The van der Waals surface area contributed by atoms with Gasteiger partial charge in [-0.2, -0.15) is 0 Å². The number of nitrogens with one attached hydrogen (secondary N) is 2. The number of benzene rings is 1. The van der Waals surface area contributed by atoms with Gasteiger partial charge in [0.25, 0.3) is 0 Å². The topological polar surface area (TPSA) is 52.0 Å². The number of piperidine rings is 2. The molecule has 0 aromatic heterocycles. The smallest absolute Gasteiger partial charge is 0.242 e. The van der Waals surface area contributed by atoms with Gasteiger partial charge in [0.05, 0.1) is 31.7 Å². The molecule has 4 nitrogen and oxygen atoms in total. The molecule has 4 N–H and O–H groups in total. The summed E-state index contributed by atoms with van der Waals surface area (Å²) in [6.45, 7) is 8.18. The van der Waals surface area contributed by atoms with E-state index in [1.165, 1.54) is 5.56 Å². The van der Waals surface area contributed by atoms with Gasteiger partial charge in [0.1, 0.15) is 10.8 Å². The number of hydrogen-bond acceptors (Lipinski definition) is 2. The monoisotopic (exact) mass is 273 g/mol. The number of nitrogen functional groups attached to an aromatic ring is 1. The van der Waals surface area contributed by atoms with E-state index >= 15 is 0 Å². The number of rotatable bonds is 1. The SMILES string of the molecule is CC12C[NH+]3CC(C)(C[NH+](C1)C3c1ccccc1N)C2=O. The van der Waals surface area contributed by atoms with Crippen LogP contribution in [0.15, 0.2) is 24.3 Å². The molecule has 4 heterocycles. The summed E-state index contributed by atoms with van der Waals surface area (Å²) >= 11 is 0. The molecule has 20 heavy (non-hydrogen) atoms. The van der Waals surface area contributed by atoms with Gasteiger partial charge in [-0.25, -0.2) is 0 Å². The molecule has 0 saturated carbocycles. The Morgan fingerprint density at radius 3 is 2.05 bits per heavy atom.